The van der Waals surface area contributed by atoms with Crippen LogP contribution in [0.4, 0.5) is 0 Å². The third-order valence-electron chi connectivity index (χ3n) is 3.32. The Morgan fingerprint density at radius 3 is 2.95 bits per heavy atom. The fourth-order valence-corrected chi connectivity index (χ4v) is 2.69. The quantitative estimate of drug-likeness (QED) is 0.742. The van der Waals surface area contributed by atoms with Gasteiger partial charge >= 0.3 is 0 Å². The zero-order valence-corrected chi connectivity index (χ0v) is 13.4. The predicted molar refractivity (Wildman–Crippen MR) is 86.9 cm³/mol. The summed E-state index contributed by atoms with van der Waals surface area (Å²) in [4.78, 5) is 4.49. The largest absolute Gasteiger partial charge is 0.385 e. The summed E-state index contributed by atoms with van der Waals surface area (Å²) in [6, 6.07) is 8.30. The van der Waals surface area contributed by atoms with Crippen LogP contribution in [-0.4, -0.2) is 25.2 Å². The number of nitrogens with zero attached hydrogens (tertiary/aromatic N) is 1. The molecule has 1 aromatic carbocycles. The number of unbranched alkanes of at least 4 members (excludes halogenated alkanes) is 2. The van der Waals surface area contributed by atoms with E-state index in [1.807, 2.05) is 12.3 Å². The number of nitrogens with one attached hydrogen (secondary N) is 1. The number of benzene rings is 1. The SMILES string of the molecule is COCCCCCNCc1ccc(Br)c2cccnc12. The van der Waals surface area contributed by atoms with Crippen molar-refractivity contribution in [2.24, 2.45) is 0 Å². The van der Waals surface area contributed by atoms with Gasteiger partial charge < -0.3 is 10.1 Å². The van der Waals surface area contributed by atoms with E-state index < -0.39 is 0 Å². The number of ether oxygens (including phenoxy) is 1. The summed E-state index contributed by atoms with van der Waals surface area (Å²) < 4.78 is 6.14. The van der Waals surface area contributed by atoms with Crippen molar-refractivity contribution in [3.05, 3.63) is 40.5 Å². The highest BCUT2D eigenvalue weighted by Gasteiger charge is 2.04. The van der Waals surface area contributed by atoms with Gasteiger partial charge in [-0.2, -0.15) is 0 Å². The molecule has 0 bridgehead atoms. The van der Waals surface area contributed by atoms with Crippen molar-refractivity contribution in [1.82, 2.24) is 10.3 Å². The first-order chi connectivity index (χ1) is 9.83. The van der Waals surface area contributed by atoms with E-state index in [1.165, 1.54) is 23.8 Å². The van der Waals surface area contributed by atoms with Crippen molar-refractivity contribution in [3.8, 4) is 0 Å². The first-order valence-electron chi connectivity index (χ1n) is 7.04. The van der Waals surface area contributed by atoms with E-state index >= 15 is 0 Å². The highest BCUT2D eigenvalue weighted by atomic mass is 79.9. The van der Waals surface area contributed by atoms with Crippen molar-refractivity contribution in [1.29, 1.82) is 0 Å². The Kier molecular flexibility index (Phi) is 6.43. The molecule has 0 aliphatic rings. The van der Waals surface area contributed by atoms with Crippen molar-refractivity contribution >= 4 is 26.8 Å². The van der Waals surface area contributed by atoms with Crippen LogP contribution in [0, 0.1) is 0 Å². The lowest BCUT2D eigenvalue weighted by Crippen LogP contribution is -2.15. The molecule has 0 fully saturated rings. The zero-order valence-electron chi connectivity index (χ0n) is 11.9. The molecule has 3 nitrogen and oxygen atoms in total. The summed E-state index contributed by atoms with van der Waals surface area (Å²) >= 11 is 3.58. The van der Waals surface area contributed by atoms with Crippen LogP contribution in [0.5, 0.6) is 0 Å². The number of halogens is 1. The summed E-state index contributed by atoms with van der Waals surface area (Å²) in [7, 11) is 1.75. The number of rotatable bonds is 8. The van der Waals surface area contributed by atoms with Crippen molar-refractivity contribution < 1.29 is 4.74 Å². The monoisotopic (exact) mass is 336 g/mol. The minimum absolute atomic E-state index is 0.862. The normalized spacial score (nSPS) is 11.1. The molecule has 0 aliphatic carbocycles. The van der Waals surface area contributed by atoms with E-state index in [0.29, 0.717) is 0 Å². The second kappa shape index (κ2) is 8.35. The van der Waals surface area contributed by atoms with Crippen LogP contribution < -0.4 is 5.32 Å². The highest BCUT2D eigenvalue weighted by Crippen LogP contribution is 2.25. The molecule has 2 rings (SSSR count). The van der Waals surface area contributed by atoms with Crippen LogP contribution in [0.1, 0.15) is 24.8 Å². The Balaban J connectivity index is 1.86. The molecule has 108 valence electrons. The van der Waals surface area contributed by atoms with Crippen LogP contribution >= 0.6 is 15.9 Å². The van der Waals surface area contributed by atoms with E-state index in [1.54, 1.807) is 7.11 Å². The summed E-state index contributed by atoms with van der Waals surface area (Å²) in [5.41, 5.74) is 2.33. The zero-order chi connectivity index (χ0) is 14.2. The number of methoxy groups -OCH3 is 1. The second-order valence-electron chi connectivity index (χ2n) is 4.84. The summed E-state index contributed by atoms with van der Waals surface area (Å²) in [5.74, 6) is 0. The highest BCUT2D eigenvalue weighted by molar-refractivity contribution is 9.10. The van der Waals surface area contributed by atoms with Gasteiger partial charge in [0.2, 0.25) is 0 Å². The Hall–Kier alpha value is -0.970. The lowest BCUT2D eigenvalue weighted by Gasteiger charge is -2.08. The standard InChI is InChI=1S/C16H21BrN2O/c1-20-11-4-2-3-9-18-12-13-7-8-15(17)14-6-5-10-19-16(13)14/h5-8,10,18H,2-4,9,11-12H2,1H3. The molecule has 1 heterocycles. The Morgan fingerprint density at radius 2 is 2.10 bits per heavy atom. The third kappa shape index (κ3) is 4.27. The van der Waals surface area contributed by atoms with E-state index in [9.17, 15) is 0 Å². The fourth-order valence-electron chi connectivity index (χ4n) is 2.24. The molecule has 0 saturated carbocycles. The van der Waals surface area contributed by atoms with Gasteiger partial charge in [-0.25, -0.2) is 0 Å². The lowest BCUT2D eigenvalue weighted by atomic mass is 10.1. The summed E-state index contributed by atoms with van der Waals surface area (Å²) in [6.45, 7) is 2.76. The Labute approximate surface area is 128 Å². The van der Waals surface area contributed by atoms with Gasteiger partial charge in [0.15, 0.2) is 0 Å². The number of pyridine rings is 1. The maximum atomic E-state index is 5.04. The topological polar surface area (TPSA) is 34.1 Å². The average Bonchev–Trinajstić information content (AvgIpc) is 2.49. The molecule has 20 heavy (non-hydrogen) atoms. The molecule has 4 heteroatoms. The van der Waals surface area contributed by atoms with Crippen LogP contribution in [0.25, 0.3) is 10.9 Å². The maximum Gasteiger partial charge on any atom is 0.0758 e. The van der Waals surface area contributed by atoms with Gasteiger partial charge in [0.1, 0.15) is 0 Å². The van der Waals surface area contributed by atoms with Crippen LogP contribution in [0.15, 0.2) is 34.9 Å². The Bertz CT molecular complexity index is 545. The average molecular weight is 337 g/mol. The van der Waals surface area contributed by atoms with E-state index in [0.717, 1.165) is 36.1 Å². The molecule has 0 amide bonds. The van der Waals surface area contributed by atoms with E-state index in [-0.39, 0.29) is 0 Å². The number of aromatic nitrogens is 1. The Morgan fingerprint density at radius 1 is 1.20 bits per heavy atom. The minimum atomic E-state index is 0.862. The summed E-state index contributed by atoms with van der Waals surface area (Å²) in [5, 5.41) is 4.67. The molecule has 0 saturated heterocycles. The van der Waals surface area contributed by atoms with Gasteiger partial charge in [-0.05, 0) is 43.5 Å². The molecular formula is C16H21BrN2O. The van der Waals surface area contributed by atoms with E-state index in [4.69, 9.17) is 4.74 Å². The van der Waals surface area contributed by atoms with Crippen LogP contribution in [-0.2, 0) is 11.3 Å². The number of fused-ring (bicyclic) bond motifs is 1. The maximum absolute atomic E-state index is 5.04. The number of hydrogen-bond donors (Lipinski definition) is 1. The molecule has 0 spiro atoms. The van der Waals surface area contributed by atoms with Crippen molar-refractivity contribution in [2.75, 3.05) is 20.3 Å². The van der Waals surface area contributed by atoms with Gasteiger partial charge in [-0.1, -0.05) is 28.1 Å². The molecule has 1 aromatic heterocycles. The molecule has 2 aromatic rings. The second-order valence-corrected chi connectivity index (χ2v) is 5.69. The lowest BCUT2D eigenvalue weighted by molar-refractivity contribution is 0.192. The summed E-state index contributed by atoms with van der Waals surface area (Å²) in [6.07, 6.45) is 5.38. The molecule has 0 atom stereocenters. The van der Waals surface area contributed by atoms with Crippen LogP contribution in [0.2, 0.25) is 0 Å². The molecular weight excluding hydrogens is 316 g/mol. The first-order valence-corrected chi connectivity index (χ1v) is 7.84. The first kappa shape index (κ1) is 15.4. The third-order valence-corrected chi connectivity index (χ3v) is 4.01. The van der Waals surface area contributed by atoms with Gasteiger partial charge in [0, 0.05) is 36.3 Å². The van der Waals surface area contributed by atoms with E-state index in [2.05, 4.69) is 44.4 Å². The van der Waals surface area contributed by atoms with Crippen LogP contribution in [0.3, 0.4) is 0 Å². The van der Waals surface area contributed by atoms with Gasteiger partial charge in [0.25, 0.3) is 0 Å². The predicted octanol–water partition coefficient (Wildman–Crippen LogP) is 3.90. The minimum Gasteiger partial charge on any atom is -0.385 e. The fraction of sp³-hybridized carbons (Fsp3) is 0.438. The smallest absolute Gasteiger partial charge is 0.0758 e. The van der Waals surface area contributed by atoms with Gasteiger partial charge in [0.05, 0.1) is 5.52 Å². The van der Waals surface area contributed by atoms with Crippen molar-refractivity contribution in [2.45, 2.75) is 25.8 Å². The molecule has 0 aliphatic heterocycles. The number of hydrogen-bond acceptors (Lipinski definition) is 3. The molecule has 1 N–H and O–H groups in total. The van der Waals surface area contributed by atoms with Gasteiger partial charge in [-0.3, -0.25) is 4.98 Å². The molecule has 0 unspecified atom stereocenters. The van der Waals surface area contributed by atoms with Gasteiger partial charge in [-0.15, -0.1) is 0 Å². The van der Waals surface area contributed by atoms with Crippen molar-refractivity contribution in [3.63, 3.8) is 0 Å². The molecule has 0 radical (unpaired) electrons.